The van der Waals surface area contributed by atoms with E-state index in [2.05, 4.69) is 11.9 Å². The number of nitrogen functional groups attached to an aromatic ring is 1. The Hall–Kier alpha value is -1.84. The van der Waals surface area contributed by atoms with Crippen LogP contribution in [-0.4, -0.2) is 5.11 Å². The Morgan fingerprint density at radius 1 is 1.20 bits per heavy atom. The summed E-state index contributed by atoms with van der Waals surface area (Å²) in [6, 6.07) is 10.6. The molecule has 0 aliphatic carbocycles. The van der Waals surface area contributed by atoms with E-state index in [1.807, 2.05) is 6.07 Å². The SMILES string of the molecule is C=C(O)Cc1cc(N)ccc1Nc1c(Cl)cccc1Cl. The van der Waals surface area contributed by atoms with Crippen LogP contribution in [0.4, 0.5) is 17.1 Å². The first kappa shape index (κ1) is 14.6. The Kier molecular flexibility index (Phi) is 4.42. The van der Waals surface area contributed by atoms with Crippen molar-refractivity contribution in [1.82, 2.24) is 0 Å². The first-order valence-electron chi connectivity index (χ1n) is 5.93. The van der Waals surface area contributed by atoms with Crippen LogP contribution in [0.15, 0.2) is 48.7 Å². The second-order valence-corrected chi connectivity index (χ2v) is 5.20. The van der Waals surface area contributed by atoms with E-state index in [4.69, 9.17) is 28.9 Å². The Bertz CT molecular complexity index is 636. The van der Waals surface area contributed by atoms with E-state index in [-0.39, 0.29) is 5.76 Å². The summed E-state index contributed by atoms with van der Waals surface area (Å²) in [6.07, 6.45) is 0.301. The van der Waals surface area contributed by atoms with Crippen LogP contribution < -0.4 is 11.1 Å². The van der Waals surface area contributed by atoms with E-state index in [1.54, 1.807) is 30.3 Å². The molecule has 104 valence electrons. The highest BCUT2D eigenvalue weighted by molar-refractivity contribution is 6.39. The van der Waals surface area contributed by atoms with Crippen molar-refractivity contribution in [3.63, 3.8) is 0 Å². The van der Waals surface area contributed by atoms with Gasteiger partial charge in [0.1, 0.15) is 0 Å². The van der Waals surface area contributed by atoms with Crippen molar-refractivity contribution in [2.24, 2.45) is 0 Å². The number of hydrogen-bond donors (Lipinski definition) is 3. The molecule has 20 heavy (non-hydrogen) atoms. The third-order valence-corrected chi connectivity index (χ3v) is 3.38. The zero-order chi connectivity index (χ0) is 14.7. The number of nitrogens with one attached hydrogen (secondary N) is 1. The molecule has 0 spiro atoms. The highest BCUT2D eigenvalue weighted by Crippen LogP contribution is 2.34. The van der Waals surface area contributed by atoms with Gasteiger partial charge in [-0.1, -0.05) is 35.8 Å². The summed E-state index contributed by atoms with van der Waals surface area (Å²) in [5.41, 5.74) is 8.57. The molecule has 0 radical (unpaired) electrons. The zero-order valence-electron chi connectivity index (χ0n) is 10.7. The maximum atomic E-state index is 9.38. The predicted octanol–water partition coefficient (Wildman–Crippen LogP) is 4.93. The lowest BCUT2D eigenvalue weighted by Gasteiger charge is -2.15. The molecule has 0 saturated carbocycles. The number of nitrogens with two attached hydrogens (primary N) is 1. The maximum Gasteiger partial charge on any atom is 0.0895 e. The van der Waals surface area contributed by atoms with Crippen molar-refractivity contribution in [3.8, 4) is 0 Å². The third kappa shape index (κ3) is 3.38. The minimum Gasteiger partial charge on any atom is -0.513 e. The van der Waals surface area contributed by atoms with E-state index < -0.39 is 0 Å². The van der Waals surface area contributed by atoms with Gasteiger partial charge >= 0.3 is 0 Å². The molecule has 0 aliphatic rings. The van der Waals surface area contributed by atoms with Gasteiger partial charge in [-0.25, -0.2) is 0 Å². The van der Waals surface area contributed by atoms with Crippen LogP contribution in [0.1, 0.15) is 5.56 Å². The second-order valence-electron chi connectivity index (χ2n) is 4.38. The van der Waals surface area contributed by atoms with Crippen molar-refractivity contribution in [2.75, 3.05) is 11.1 Å². The number of anilines is 3. The summed E-state index contributed by atoms with van der Waals surface area (Å²) in [5.74, 6) is 0.0592. The van der Waals surface area contributed by atoms with Gasteiger partial charge in [-0.05, 0) is 35.9 Å². The molecule has 0 aliphatic heterocycles. The highest BCUT2D eigenvalue weighted by Gasteiger charge is 2.09. The van der Waals surface area contributed by atoms with Gasteiger partial charge in [0.2, 0.25) is 0 Å². The number of aliphatic hydroxyl groups excluding tert-OH is 1. The third-order valence-electron chi connectivity index (χ3n) is 2.75. The summed E-state index contributed by atoms with van der Waals surface area (Å²) in [7, 11) is 0. The molecule has 0 heterocycles. The molecule has 2 aromatic carbocycles. The van der Waals surface area contributed by atoms with Crippen molar-refractivity contribution in [2.45, 2.75) is 6.42 Å². The number of aliphatic hydroxyl groups is 1. The monoisotopic (exact) mass is 308 g/mol. The largest absolute Gasteiger partial charge is 0.513 e. The molecular formula is C15H14Cl2N2O. The topological polar surface area (TPSA) is 58.3 Å². The van der Waals surface area contributed by atoms with Gasteiger partial charge in [0.15, 0.2) is 0 Å². The fourth-order valence-electron chi connectivity index (χ4n) is 1.85. The van der Waals surface area contributed by atoms with Crippen molar-refractivity contribution < 1.29 is 5.11 Å². The van der Waals surface area contributed by atoms with Crippen LogP contribution in [0.3, 0.4) is 0 Å². The maximum absolute atomic E-state index is 9.38. The van der Waals surface area contributed by atoms with E-state index in [1.165, 1.54) is 0 Å². The Morgan fingerprint density at radius 3 is 2.45 bits per heavy atom. The molecule has 0 amide bonds. The lowest BCUT2D eigenvalue weighted by Crippen LogP contribution is -2.00. The van der Waals surface area contributed by atoms with E-state index in [0.29, 0.717) is 27.8 Å². The normalized spacial score (nSPS) is 10.3. The molecule has 0 bridgehead atoms. The minimum absolute atomic E-state index is 0.0592. The average molecular weight is 309 g/mol. The van der Waals surface area contributed by atoms with Crippen LogP contribution in [0, 0.1) is 0 Å². The predicted molar refractivity (Wildman–Crippen MR) is 86.1 cm³/mol. The summed E-state index contributed by atoms with van der Waals surface area (Å²) >= 11 is 12.3. The molecule has 2 rings (SSSR count). The molecule has 0 saturated heterocycles. The Labute approximate surface area is 127 Å². The molecule has 5 heteroatoms. The Balaban J connectivity index is 2.40. The number of halogens is 2. The standard InChI is InChI=1S/C15H14Cl2N2O/c1-9(20)7-10-8-11(18)5-6-14(10)19-15-12(16)3-2-4-13(15)17/h2-6,8,19-20H,1,7,18H2. The van der Waals surface area contributed by atoms with Gasteiger partial charge in [0, 0.05) is 17.8 Å². The molecular weight excluding hydrogens is 295 g/mol. The van der Waals surface area contributed by atoms with Crippen molar-refractivity contribution in [3.05, 3.63) is 64.3 Å². The lowest BCUT2D eigenvalue weighted by atomic mass is 10.1. The quantitative estimate of drug-likeness (QED) is 0.554. The summed E-state index contributed by atoms with van der Waals surface area (Å²) in [5, 5.41) is 13.6. The first-order chi connectivity index (χ1) is 9.47. The van der Waals surface area contributed by atoms with Gasteiger partial charge in [-0.15, -0.1) is 0 Å². The fourth-order valence-corrected chi connectivity index (χ4v) is 2.35. The molecule has 0 unspecified atom stereocenters. The highest BCUT2D eigenvalue weighted by atomic mass is 35.5. The molecule has 0 fully saturated rings. The van der Waals surface area contributed by atoms with E-state index >= 15 is 0 Å². The molecule has 3 nitrogen and oxygen atoms in total. The summed E-state index contributed by atoms with van der Waals surface area (Å²) in [4.78, 5) is 0. The van der Waals surface area contributed by atoms with Crippen LogP contribution in [0.25, 0.3) is 0 Å². The lowest BCUT2D eigenvalue weighted by molar-refractivity contribution is 0.402. The average Bonchev–Trinajstić information content (AvgIpc) is 2.35. The number of benzene rings is 2. The van der Waals surface area contributed by atoms with Gasteiger partial charge in [0.05, 0.1) is 21.5 Å². The molecule has 0 aromatic heterocycles. The number of rotatable bonds is 4. The molecule has 4 N–H and O–H groups in total. The van der Waals surface area contributed by atoms with Gasteiger partial charge in [0.25, 0.3) is 0 Å². The smallest absolute Gasteiger partial charge is 0.0895 e. The van der Waals surface area contributed by atoms with E-state index in [9.17, 15) is 5.11 Å². The van der Waals surface area contributed by atoms with Crippen LogP contribution in [-0.2, 0) is 6.42 Å². The number of para-hydroxylation sites is 1. The zero-order valence-corrected chi connectivity index (χ0v) is 12.2. The van der Waals surface area contributed by atoms with Crippen LogP contribution in [0.5, 0.6) is 0 Å². The summed E-state index contributed by atoms with van der Waals surface area (Å²) in [6.45, 7) is 3.50. The van der Waals surface area contributed by atoms with Crippen molar-refractivity contribution >= 4 is 40.3 Å². The Morgan fingerprint density at radius 2 is 1.85 bits per heavy atom. The second kappa shape index (κ2) is 6.07. The van der Waals surface area contributed by atoms with Gasteiger partial charge in [-0.2, -0.15) is 0 Å². The fraction of sp³-hybridized carbons (Fsp3) is 0.0667. The molecule has 2 aromatic rings. The van der Waals surface area contributed by atoms with Gasteiger partial charge in [-0.3, -0.25) is 0 Å². The number of hydrogen-bond acceptors (Lipinski definition) is 3. The van der Waals surface area contributed by atoms with Crippen LogP contribution in [0.2, 0.25) is 10.0 Å². The van der Waals surface area contributed by atoms with Gasteiger partial charge < -0.3 is 16.2 Å². The minimum atomic E-state index is 0.0592. The van der Waals surface area contributed by atoms with E-state index in [0.717, 1.165) is 11.3 Å². The van der Waals surface area contributed by atoms with Crippen LogP contribution >= 0.6 is 23.2 Å². The first-order valence-corrected chi connectivity index (χ1v) is 6.69. The van der Waals surface area contributed by atoms with Crippen molar-refractivity contribution in [1.29, 1.82) is 0 Å². The molecule has 0 atom stereocenters. The number of allylic oxidation sites excluding steroid dienone is 1. The summed E-state index contributed by atoms with van der Waals surface area (Å²) < 4.78 is 0.